The van der Waals surface area contributed by atoms with Gasteiger partial charge in [-0.3, -0.25) is 9.59 Å². The van der Waals surface area contributed by atoms with Gasteiger partial charge in [-0.2, -0.15) is 0 Å². The van der Waals surface area contributed by atoms with Gasteiger partial charge >= 0.3 is 0 Å². The molecule has 1 aliphatic heterocycles. The molecule has 2 amide bonds. The quantitative estimate of drug-likeness (QED) is 0.620. The number of amides is 2. The number of hydrogen-bond acceptors (Lipinski definition) is 2. The molecule has 2 rings (SSSR count). The first-order chi connectivity index (χ1) is 6.22. The Bertz CT molecular complexity index is 248. The number of carbonyl (C=O) groups is 2. The molecule has 0 spiro atoms. The van der Waals surface area contributed by atoms with Crippen LogP contribution in [0.25, 0.3) is 0 Å². The third-order valence-electron chi connectivity index (χ3n) is 2.71. The zero-order valence-electron chi connectivity index (χ0n) is 7.67. The molecule has 0 aromatic rings. The Morgan fingerprint density at radius 3 is 2.46 bits per heavy atom. The van der Waals surface area contributed by atoms with Crippen molar-refractivity contribution in [2.45, 2.75) is 38.3 Å². The second-order valence-electron chi connectivity index (χ2n) is 3.79. The van der Waals surface area contributed by atoms with Crippen LogP contribution in [0, 0.1) is 5.92 Å². The Morgan fingerprint density at radius 2 is 1.92 bits per heavy atom. The van der Waals surface area contributed by atoms with Crippen molar-refractivity contribution in [2.75, 3.05) is 0 Å². The van der Waals surface area contributed by atoms with Gasteiger partial charge in [-0.05, 0) is 25.2 Å². The Kier molecular flexibility index (Phi) is 1.98. The van der Waals surface area contributed by atoms with Crippen LogP contribution in [0.2, 0.25) is 0 Å². The predicted octanol–water partition coefficient (Wildman–Crippen LogP) is -0.210. The summed E-state index contributed by atoms with van der Waals surface area (Å²) in [6.07, 6.45) is 2.79. The van der Waals surface area contributed by atoms with Crippen molar-refractivity contribution in [1.29, 1.82) is 0 Å². The average molecular weight is 182 g/mol. The molecule has 1 saturated heterocycles. The molecule has 0 unspecified atom stereocenters. The average Bonchev–Trinajstić information content (AvgIpc) is 2.91. The Hall–Kier alpha value is -1.06. The second-order valence-corrected chi connectivity index (χ2v) is 3.79. The van der Waals surface area contributed by atoms with Crippen molar-refractivity contribution in [3.05, 3.63) is 0 Å². The maximum absolute atomic E-state index is 11.5. The number of nitrogens with one attached hydrogen (secondary N) is 2. The van der Waals surface area contributed by atoms with Gasteiger partial charge in [0.25, 0.3) is 0 Å². The van der Waals surface area contributed by atoms with Crippen LogP contribution in [0.3, 0.4) is 0 Å². The highest BCUT2D eigenvalue weighted by molar-refractivity contribution is 5.97. The molecule has 2 N–H and O–H groups in total. The van der Waals surface area contributed by atoms with Crippen molar-refractivity contribution in [3.8, 4) is 0 Å². The van der Waals surface area contributed by atoms with Gasteiger partial charge in [0.2, 0.25) is 11.8 Å². The lowest BCUT2D eigenvalue weighted by atomic mass is 10.1. The van der Waals surface area contributed by atoms with Crippen LogP contribution in [0.1, 0.15) is 26.2 Å². The van der Waals surface area contributed by atoms with E-state index in [-0.39, 0.29) is 23.9 Å². The second kappa shape index (κ2) is 3.01. The molecule has 2 aliphatic rings. The van der Waals surface area contributed by atoms with Gasteiger partial charge in [-0.25, -0.2) is 0 Å². The molecule has 0 aromatic heterocycles. The smallest absolute Gasteiger partial charge is 0.243 e. The maximum atomic E-state index is 11.5. The molecule has 2 fully saturated rings. The van der Waals surface area contributed by atoms with Gasteiger partial charge < -0.3 is 10.6 Å². The van der Waals surface area contributed by atoms with Gasteiger partial charge in [0.1, 0.15) is 12.1 Å². The highest BCUT2D eigenvalue weighted by Gasteiger charge is 2.41. The van der Waals surface area contributed by atoms with Crippen LogP contribution in [0.15, 0.2) is 0 Å². The van der Waals surface area contributed by atoms with Crippen LogP contribution >= 0.6 is 0 Å². The minimum absolute atomic E-state index is 0.00560. The first kappa shape index (κ1) is 8.53. The van der Waals surface area contributed by atoms with Crippen molar-refractivity contribution in [2.24, 2.45) is 5.92 Å². The Balaban J connectivity index is 2.03. The molecule has 72 valence electrons. The van der Waals surface area contributed by atoms with Crippen molar-refractivity contribution >= 4 is 11.8 Å². The zero-order chi connectivity index (χ0) is 9.42. The van der Waals surface area contributed by atoms with E-state index in [4.69, 9.17) is 0 Å². The maximum Gasteiger partial charge on any atom is 0.243 e. The summed E-state index contributed by atoms with van der Waals surface area (Å²) in [6, 6.07) is -0.571. The molecular weight excluding hydrogens is 168 g/mol. The Labute approximate surface area is 77.1 Å². The van der Waals surface area contributed by atoms with E-state index >= 15 is 0 Å². The zero-order valence-corrected chi connectivity index (χ0v) is 7.67. The van der Waals surface area contributed by atoms with Crippen molar-refractivity contribution in [3.63, 3.8) is 0 Å². The fourth-order valence-corrected chi connectivity index (χ4v) is 1.70. The van der Waals surface area contributed by atoms with Crippen LogP contribution in [0.5, 0.6) is 0 Å². The van der Waals surface area contributed by atoms with E-state index in [0.717, 1.165) is 12.8 Å². The van der Waals surface area contributed by atoms with Crippen LogP contribution in [-0.4, -0.2) is 23.9 Å². The minimum Gasteiger partial charge on any atom is -0.343 e. The summed E-state index contributed by atoms with van der Waals surface area (Å²) in [5, 5.41) is 5.51. The molecule has 0 radical (unpaired) electrons. The van der Waals surface area contributed by atoms with Gasteiger partial charge in [-0.1, -0.05) is 6.92 Å². The third kappa shape index (κ3) is 1.53. The molecular formula is C9H14N2O2. The van der Waals surface area contributed by atoms with E-state index < -0.39 is 0 Å². The molecule has 1 aliphatic carbocycles. The lowest BCUT2D eigenvalue weighted by Gasteiger charge is -2.28. The fraction of sp³-hybridized carbons (Fsp3) is 0.778. The van der Waals surface area contributed by atoms with E-state index in [2.05, 4.69) is 10.6 Å². The molecule has 4 heteroatoms. The molecule has 4 nitrogen and oxygen atoms in total. The predicted molar refractivity (Wildman–Crippen MR) is 46.9 cm³/mol. The standard InChI is InChI=1S/C9H14N2O2/c1-2-6-8(12)11-7(5-3-4-5)9(13)10-6/h5-7H,2-4H2,1H3,(H,10,13)(H,11,12)/t6-,7-/m0/s1. The summed E-state index contributed by atoms with van der Waals surface area (Å²) in [4.78, 5) is 22.9. The number of hydrogen-bond donors (Lipinski definition) is 2. The third-order valence-corrected chi connectivity index (χ3v) is 2.71. The molecule has 2 atom stereocenters. The largest absolute Gasteiger partial charge is 0.343 e. The topological polar surface area (TPSA) is 58.2 Å². The fourth-order valence-electron chi connectivity index (χ4n) is 1.70. The van der Waals surface area contributed by atoms with E-state index in [0.29, 0.717) is 12.3 Å². The van der Waals surface area contributed by atoms with Crippen LogP contribution in [0.4, 0.5) is 0 Å². The first-order valence-corrected chi connectivity index (χ1v) is 4.83. The summed E-state index contributed by atoms with van der Waals surface area (Å²) in [5.41, 5.74) is 0. The monoisotopic (exact) mass is 182 g/mol. The van der Waals surface area contributed by atoms with Crippen LogP contribution in [-0.2, 0) is 9.59 Å². The molecule has 1 saturated carbocycles. The molecule has 1 heterocycles. The van der Waals surface area contributed by atoms with Crippen molar-refractivity contribution < 1.29 is 9.59 Å². The summed E-state index contributed by atoms with van der Waals surface area (Å²) >= 11 is 0. The summed E-state index contributed by atoms with van der Waals surface area (Å²) in [5.74, 6) is 0.356. The lowest BCUT2D eigenvalue weighted by molar-refractivity contribution is -0.137. The normalized spacial score (nSPS) is 33.9. The van der Waals surface area contributed by atoms with E-state index in [1.165, 1.54) is 0 Å². The molecule has 13 heavy (non-hydrogen) atoms. The van der Waals surface area contributed by atoms with Gasteiger partial charge in [0, 0.05) is 0 Å². The van der Waals surface area contributed by atoms with Crippen LogP contribution < -0.4 is 10.6 Å². The lowest BCUT2D eigenvalue weighted by Crippen LogP contribution is -2.62. The number of rotatable bonds is 2. The number of piperazine rings is 1. The van der Waals surface area contributed by atoms with E-state index in [9.17, 15) is 9.59 Å². The Morgan fingerprint density at radius 1 is 1.23 bits per heavy atom. The van der Waals surface area contributed by atoms with Crippen molar-refractivity contribution in [1.82, 2.24) is 10.6 Å². The summed E-state index contributed by atoms with van der Waals surface area (Å²) < 4.78 is 0. The first-order valence-electron chi connectivity index (χ1n) is 4.83. The van der Waals surface area contributed by atoms with Gasteiger partial charge in [-0.15, -0.1) is 0 Å². The van der Waals surface area contributed by atoms with E-state index in [1.807, 2.05) is 6.92 Å². The SMILES string of the molecule is CC[C@@H]1NC(=O)[C@H](C2CC2)NC1=O. The molecule has 0 bridgehead atoms. The minimum atomic E-state index is -0.317. The highest BCUT2D eigenvalue weighted by Crippen LogP contribution is 2.33. The van der Waals surface area contributed by atoms with Gasteiger partial charge in [0.05, 0.1) is 0 Å². The summed E-state index contributed by atoms with van der Waals surface area (Å²) in [6.45, 7) is 1.89. The van der Waals surface area contributed by atoms with E-state index in [1.54, 1.807) is 0 Å². The molecule has 0 aromatic carbocycles. The summed E-state index contributed by atoms with van der Waals surface area (Å²) in [7, 11) is 0. The number of carbonyl (C=O) groups excluding carboxylic acids is 2. The van der Waals surface area contributed by atoms with Gasteiger partial charge in [0.15, 0.2) is 0 Å². The highest BCUT2D eigenvalue weighted by atomic mass is 16.2.